The molecule has 0 radical (unpaired) electrons. The molecule has 5 nitrogen and oxygen atoms in total. The van der Waals surface area contributed by atoms with Crippen molar-refractivity contribution in [2.75, 3.05) is 6.61 Å². The third kappa shape index (κ3) is 6.62. The summed E-state index contributed by atoms with van der Waals surface area (Å²) in [6.07, 6.45) is 1.52. The lowest BCUT2D eigenvalue weighted by atomic mass is 9.82. The maximum Gasteiger partial charge on any atom is 0.137 e. The van der Waals surface area contributed by atoms with Crippen LogP contribution >= 0.6 is 11.6 Å². The van der Waals surface area contributed by atoms with Gasteiger partial charge in [-0.25, -0.2) is 0 Å². The number of halogens is 1. The van der Waals surface area contributed by atoms with Crippen LogP contribution < -0.4 is 5.73 Å². The van der Waals surface area contributed by atoms with Gasteiger partial charge in [0, 0.05) is 23.9 Å². The third-order valence-electron chi connectivity index (χ3n) is 5.57. The molecule has 2 aromatic carbocycles. The number of benzene rings is 2. The van der Waals surface area contributed by atoms with Crippen LogP contribution in [0.2, 0.25) is 5.02 Å². The molecule has 2 aromatic rings. The van der Waals surface area contributed by atoms with Crippen molar-refractivity contribution in [3.05, 3.63) is 69.2 Å². The highest BCUT2D eigenvalue weighted by Crippen LogP contribution is 2.33. The molecule has 0 aromatic heterocycles. The van der Waals surface area contributed by atoms with Crippen molar-refractivity contribution < 1.29 is 15.0 Å². The highest BCUT2D eigenvalue weighted by atomic mass is 35.5. The minimum atomic E-state index is -1.05. The van der Waals surface area contributed by atoms with Crippen LogP contribution in [0.15, 0.2) is 36.4 Å². The van der Waals surface area contributed by atoms with Crippen LogP contribution in [0.4, 0.5) is 0 Å². The Morgan fingerprint density at radius 1 is 1.23 bits per heavy atom. The fourth-order valence-electron chi connectivity index (χ4n) is 3.86. The zero-order valence-electron chi connectivity index (χ0n) is 18.4. The molecule has 0 aliphatic rings. The lowest BCUT2D eigenvalue weighted by Crippen LogP contribution is -2.30. The lowest BCUT2D eigenvalue weighted by molar-refractivity contribution is -0.118. The quantitative estimate of drug-likeness (QED) is 0.515. The standard InChI is InChI=1S/C25H31ClN2O3/c1-16(10-11-19(30)13-21-17(14-27)6-4-9-24(21)26)20-7-5-8-23(25(2,3)31)22(20)12-18(28)15-29/h4-9,16,18,29,31H,10-13,15,28H2,1-3H3/t16-,18-/m1/s1. The first-order valence-corrected chi connectivity index (χ1v) is 10.9. The zero-order valence-corrected chi connectivity index (χ0v) is 19.1. The molecule has 6 heteroatoms. The molecular weight excluding hydrogens is 412 g/mol. The summed E-state index contributed by atoms with van der Waals surface area (Å²) in [5, 5.41) is 29.8. The van der Waals surface area contributed by atoms with Crippen molar-refractivity contribution in [2.24, 2.45) is 5.73 Å². The van der Waals surface area contributed by atoms with E-state index < -0.39 is 11.6 Å². The first-order chi connectivity index (χ1) is 14.6. The van der Waals surface area contributed by atoms with E-state index in [1.165, 1.54) is 0 Å². The average molecular weight is 443 g/mol. The normalized spacial score (nSPS) is 13.5. The van der Waals surface area contributed by atoms with Gasteiger partial charge in [-0.15, -0.1) is 0 Å². The highest BCUT2D eigenvalue weighted by Gasteiger charge is 2.25. The number of nitrogens with two attached hydrogens (primary N) is 1. The lowest BCUT2D eigenvalue weighted by Gasteiger charge is -2.27. The number of carbonyl (C=O) groups excluding carboxylic acids is 1. The molecule has 0 aliphatic heterocycles. The second kappa shape index (κ2) is 10.9. The number of nitrogens with zero attached hydrogens (tertiary/aromatic N) is 1. The molecule has 166 valence electrons. The van der Waals surface area contributed by atoms with E-state index in [0.717, 1.165) is 16.7 Å². The Morgan fingerprint density at radius 2 is 1.90 bits per heavy atom. The number of rotatable bonds is 10. The number of Topliss-reactive ketones (excluding diaryl/α,β-unsaturated/α-hetero) is 1. The Labute approximate surface area is 189 Å². The molecule has 0 fully saturated rings. The summed E-state index contributed by atoms with van der Waals surface area (Å²) in [5.74, 6) is 0.0672. The molecule has 2 atom stereocenters. The summed E-state index contributed by atoms with van der Waals surface area (Å²) in [6, 6.07) is 12.5. The zero-order chi connectivity index (χ0) is 23.2. The number of aliphatic hydroxyl groups excluding tert-OH is 1. The van der Waals surface area contributed by atoms with Crippen molar-refractivity contribution in [2.45, 2.75) is 64.0 Å². The minimum absolute atomic E-state index is 0.0173. The summed E-state index contributed by atoms with van der Waals surface area (Å²) >= 11 is 6.19. The Morgan fingerprint density at radius 3 is 2.52 bits per heavy atom. The molecule has 0 bridgehead atoms. The average Bonchev–Trinajstić information content (AvgIpc) is 2.72. The van der Waals surface area contributed by atoms with Crippen molar-refractivity contribution in [1.82, 2.24) is 0 Å². The number of hydrogen-bond acceptors (Lipinski definition) is 5. The van der Waals surface area contributed by atoms with E-state index in [1.54, 1.807) is 32.0 Å². The molecule has 4 N–H and O–H groups in total. The predicted octanol–water partition coefficient (Wildman–Crippen LogP) is 4.00. The topological polar surface area (TPSA) is 107 Å². The summed E-state index contributed by atoms with van der Waals surface area (Å²) in [6.45, 7) is 5.35. The summed E-state index contributed by atoms with van der Waals surface area (Å²) in [5.41, 5.74) is 8.68. The molecule has 0 saturated heterocycles. The highest BCUT2D eigenvalue weighted by molar-refractivity contribution is 6.31. The van der Waals surface area contributed by atoms with Crippen molar-refractivity contribution in [3.63, 3.8) is 0 Å². The van der Waals surface area contributed by atoms with Crippen LogP contribution in [-0.2, 0) is 23.2 Å². The number of ketones is 1. The first-order valence-electron chi connectivity index (χ1n) is 10.5. The number of carbonyl (C=O) groups is 1. The van der Waals surface area contributed by atoms with Crippen LogP contribution in [0.25, 0.3) is 0 Å². The van der Waals surface area contributed by atoms with E-state index >= 15 is 0 Å². The van der Waals surface area contributed by atoms with E-state index in [9.17, 15) is 20.3 Å². The molecule has 0 spiro atoms. The smallest absolute Gasteiger partial charge is 0.137 e. The van der Waals surface area contributed by atoms with Crippen LogP contribution in [-0.4, -0.2) is 28.6 Å². The SMILES string of the molecule is C[C@H](CCC(=O)Cc1c(Cl)cccc1C#N)c1cccc(C(C)(C)O)c1C[C@@H](N)CO. The molecule has 0 aliphatic carbocycles. The molecule has 0 heterocycles. The Hall–Kier alpha value is -2.23. The van der Waals surface area contributed by atoms with Gasteiger partial charge in [0.25, 0.3) is 0 Å². The van der Waals surface area contributed by atoms with E-state index in [-0.39, 0.29) is 24.7 Å². The van der Waals surface area contributed by atoms with Gasteiger partial charge in [0.15, 0.2) is 0 Å². The Kier molecular flexibility index (Phi) is 8.79. The largest absolute Gasteiger partial charge is 0.395 e. The molecule has 2 rings (SSSR count). The molecular formula is C25H31ClN2O3. The summed E-state index contributed by atoms with van der Waals surface area (Å²) in [7, 11) is 0. The van der Waals surface area contributed by atoms with Gasteiger partial charge >= 0.3 is 0 Å². The van der Waals surface area contributed by atoms with Gasteiger partial charge in [0.2, 0.25) is 0 Å². The van der Waals surface area contributed by atoms with E-state index in [1.807, 2.05) is 25.1 Å². The van der Waals surface area contributed by atoms with Crippen molar-refractivity contribution in [3.8, 4) is 6.07 Å². The summed E-state index contributed by atoms with van der Waals surface area (Å²) < 4.78 is 0. The number of nitriles is 1. The fraction of sp³-hybridized carbons (Fsp3) is 0.440. The Bertz CT molecular complexity index is 960. The molecule has 0 unspecified atom stereocenters. The van der Waals surface area contributed by atoms with E-state index in [0.29, 0.717) is 35.4 Å². The van der Waals surface area contributed by atoms with Gasteiger partial charge in [0.1, 0.15) is 5.78 Å². The first kappa shape index (κ1) is 25.0. The van der Waals surface area contributed by atoms with Crippen LogP contribution in [0.1, 0.15) is 67.3 Å². The van der Waals surface area contributed by atoms with Crippen LogP contribution in [0, 0.1) is 11.3 Å². The predicted molar refractivity (Wildman–Crippen MR) is 123 cm³/mol. The monoisotopic (exact) mass is 442 g/mol. The maximum absolute atomic E-state index is 12.6. The van der Waals surface area contributed by atoms with Crippen molar-refractivity contribution >= 4 is 17.4 Å². The second-order valence-corrected chi connectivity index (χ2v) is 9.02. The van der Waals surface area contributed by atoms with Gasteiger partial charge in [0.05, 0.1) is 23.8 Å². The van der Waals surface area contributed by atoms with Gasteiger partial charge in [-0.3, -0.25) is 4.79 Å². The van der Waals surface area contributed by atoms with E-state index in [4.69, 9.17) is 17.3 Å². The van der Waals surface area contributed by atoms with Crippen LogP contribution in [0.3, 0.4) is 0 Å². The van der Waals surface area contributed by atoms with Gasteiger partial charge in [-0.1, -0.05) is 42.8 Å². The number of aliphatic hydroxyl groups is 2. The number of hydrogen-bond donors (Lipinski definition) is 3. The van der Waals surface area contributed by atoms with Gasteiger partial charge in [-0.2, -0.15) is 5.26 Å². The third-order valence-corrected chi connectivity index (χ3v) is 5.93. The minimum Gasteiger partial charge on any atom is -0.395 e. The summed E-state index contributed by atoms with van der Waals surface area (Å²) in [4.78, 5) is 12.6. The Balaban J connectivity index is 2.19. The van der Waals surface area contributed by atoms with Crippen LogP contribution in [0.5, 0.6) is 0 Å². The fourth-order valence-corrected chi connectivity index (χ4v) is 4.10. The van der Waals surface area contributed by atoms with Gasteiger partial charge < -0.3 is 15.9 Å². The second-order valence-electron chi connectivity index (χ2n) is 8.61. The molecule has 0 amide bonds. The van der Waals surface area contributed by atoms with Gasteiger partial charge in [-0.05, 0) is 67.0 Å². The van der Waals surface area contributed by atoms with Crippen molar-refractivity contribution in [1.29, 1.82) is 5.26 Å². The maximum atomic E-state index is 12.6. The molecule has 0 saturated carbocycles. The molecule has 31 heavy (non-hydrogen) atoms. The van der Waals surface area contributed by atoms with E-state index in [2.05, 4.69) is 6.07 Å².